The van der Waals surface area contributed by atoms with Gasteiger partial charge in [-0.15, -0.1) is 0 Å². The Bertz CT molecular complexity index is 1080. The van der Waals surface area contributed by atoms with Gasteiger partial charge in [-0.3, -0.25) is 24.0 Å². The van der Waals surface area contributed by atoms with E-state index in [1.54, 1.807) is 0 Å². The SMILES string of the molecule is CC(C)C(=O)NCC1CCC(C(=O)OCc2cc(=O)c(OC(=O)C3CCC(CNC(=O)C(C)C)CC3)co2)CC1. The fourth-order valence-corrected chi connectivity index (χ4v) is 5.14. The molecule has 0 bridgehead atoms. The van der Waals surface area contributed by atoms with E-state index in [1.165, 1.54) is 6.07 Å². The van der Waals surface area contributed by atoms with Gasteiger partial charge in [0.15, 0.2) is 0 Å². The van der Waals surface area contributed by atoms with E-state index in [2.05, 4.69) is 10.6 Å². The molecule has 2 saturated carbocycles. The minimum absolute atomic E-state index is 0.0268. The van der Waals surface area contributed by atoms with Crippen molar-refractivity contribution in [2.75, 3.05) is 13.1 Å². The van der Waals surface area contributed by atoms with E-state index in [9.17, 15) is 24.0 Å². The predicted octanol–water partition coefficient (Wildman–Crippen LogP) is 3.75. The molecule has 1 aromatic heterocycles. The number of ether oxygens (including phenoxy) is 2. The Morgan fingerprint density at radius 1 is 0.800 bits per heavy atom. The average Bonchev–Trinajstić information content (AvgIpc) is 2.94. The van der Waals surface area contributed by atoms with Gasteiger partial charge in [-0.1, -0.05) is 27.7 Å². The molecule has 0 radical (unpaired) electrons. The zero-order chi connectivity index (χ0) is 29.2. The van der Waals surface area contributed by atoms with Crippen molar-refractivity contribution in [1.29, 1.82) is 0 Å². The number of carbonyl (C=O) groups is 4. The van der Waals surface area contributed by atoms with Crippen molar-refractivity contribution in [2.24, 2.45) is 35.5 Å². The highest BCUT2D eigenvalue weighted by Crippen LogP contribution is 2.31. The molecule has 222 valence electrons. The van der Waals surface area contributed by atoms with Crippen LogP contribution in [-0.2, 0) is 30.5 Å². The Labute approximate surface area is 235 Å². The lowest BCUT2D eigenvalue weighted by molar-refractivity contribution is -0.152. The Morgan fingerprint density at radius 3 is 1.73 bits per heavy atom. The Hall–Kier alpha value is -3.17. The van der Waals surface area contributed by atoms with E-state index >= 15 is 0 Å². The van der Waals surface area contributed by atoms with Gasteiger partial charge in [-0.05, 0) is 63.2 Å². The van der Waals surface area contributed by atoms with Crippen molar-refractivity contribution in [3.63, 3.8) is 0 Å². The third kappa shape index (κ3) is 9.48. The van der Waals surface area contributed by atoms with Gasteiger partial charge < -0.3 is 24.5 Å². The molecule has 0 aromatic carbocycles. The first-order valence-electron chi connectivity index (χ1n) is 14.6. The number of amides is 2. The van der Waals surface area contributed by atoms with E-state index in [0.717, 1.165) is 31.9 Å². The molecule has 1 heterocycles. The minimum atomic E-state index is -0.514. The smallest absolute Gasteiger partial charge is 0.314 e. The molecular weight excluding hydrogens is 516 g/mol. The van der Waals surface area contributed by atoms with Gasteiger partial charge in [-0.25, -0.2) is 0 Å². The molecule has 2 N–H and O–H groups in total. The molecule has 2 fully saturated rings. The standard InChI is InChI=1S/C30H44N2O8/c1-18(2)27(34)31-14-20-5-9-22(10-6-20)29(36)39-16-24-13-25(33)26(17-38-24)40-30(37)23-11-7-21(8-12-23)15-32-28(35)19(3)4/h13,17-23H,5-12,14-16H2,1-4H3,(H,31,34)(H,32,35). The summed E-state index contributed by atoms with van der Waals surface area (Å²) >= 11 is 0. The van der Waals surface area contributed by atoms with Gasteiger partial charge in [0.05, 0.1) is 11.8 Å². The second-order valence-electron chi connectivity index (χ2n) is 11.8. The maximum Gasteiger partial charge on any atom is 0.314 e. The summed E-state index contributed by atoms with van der Waals surface area (Å²) < 4.78 is 16.1. The highest BCUT2D eigenvalue weighted by Gasteiger charge is 2.30. The fourth-order valence-electron chi connectivity index (χ4n) is 5.14. The first kappa shape index (κ1) is 31.4. The van der Waals surface area contributed by atoms with Crippen LogP contribution in [0.3, 0.4) is 0 Å². The maximum absolute atomic E-state index is 12.6. The fraction of sp³-hybridized carbons (Fsp3) is 0.700. The lowest BCUT2D eigenvalue weighted by Gasteiger charge is -2.27. The molecule has 2 aliphatic carbocycles. The van der Waals surface area contributed by atoms with Crippen LogP contribution in [-0.4, -0.2) is 36.8 Å². The van der Waals surface area contributed by atoms with E-state index < -0.39 is 11.4 Å². The van der Waals surface area contributed by atoms with Gasteiger partial charge in [0.25, 0.3) is 0 Å². The van der Waals surface area contributed by atoms with Crippen LogP contribution in [0.4, 0.5) is 0 Å². The predicted molar refractivity (Wildman–Crippen MR) is 147 cm³/mol. The molecule has 0 atom stereocenters. The topological polar surface area (TPSA) is 141 Å². The van der Waals surface area contributed by atoms with Crippen LogP contribution in [0.25, 0.3) is 0 Å². The molecule has 3 rings (SSSR count). The summed E-state index contributed by atoms with van der Waals surface area (Å²) in [6.45, 7) is 8.47. The van der Waals surface area contributed by atoms with Crippen LogP contribution in [0.1, 0.15) is 84.8 Å². The molecule has 40 heavy (non-hydrogen) atoms. The van der Waals surface area contributed by atoms with Crippen LogP contribution in [0, 0.1) is 35.5 Å². The molecular formula is C30H44N2O8. The normalized spacial score (nSPS) is 22.9. The monoisotopic (exact) mass is 560 g/mol. The second kappa shape index (κ2) is 15.0. The van der Waals surface area contributed by atoms with Crippen molar-refractivity contribution in [1.82, 2.24) is 10.6 Å². The zero-order valence-corrected chi connectivity index (χ0v) is 24.2. The quantitative estimate of drug-likeness (QED) is 0.390. The molecule has 2 aliphatic rings. The summed E-state index contributed by atoms with van der Waals surface area (Å²) in [5, 5.41) is 5.90. The van der Waals surface area contributed by atoms with Crippen molar-refractivity contribution in [3.05, 3.63) is 28.3 Å². The highest BCUT2D eigenvalue weighted by atomic mass is 16.6. The summed E-state index contributed by atoms with van der Waals surface area (Å²) in [6.07, 6.45) is 7.01. The van der Waals surface area contributed by atoms with Gasteiger partial charge in [0.2, 0.25) is 23.0 Å². The van der Waals surface area contributed by atoms with Gasteiger partial charge in [0, 0.05) is 31.0 Å². The average molecular weight is 561 g/mol. The molecule has 0 saturated heterocycles. The summed E-state index contributed by atoms with van der Waals surface area (Å²) in [6, 6.07) is 1.18. The van der Waals surface area contributed by atoms with Crippen molar-refractivity contribution < 1.29 is 33.1 Å². The van der Waals surface area contributed by atoms with E-state index in [0.29, 0.717) is 50.6 Å². The molecule has 0 spiro atoms. The van der Waals surface area contributed by atoms with Crippen molar-refractivity contribution in [3.8, 4) is 5.75 Å². The molecule has 0 unspecified atom stereocenters. The lowest BCUT2D eigenvalue weighted by atomic mass is 9.82. The largest absolute Gasteiger partial charge is 0.462 e. The second-order valence-corrected chi connectivity index (χ2v) is 11.8. The van der Waals surface area contributed by atoms with Crippen LogP contribution in [0.2, 0.25) is 0 Å². The number of carbonyl (C=O) groups excluding carboxylic acids is 4. The van der Waals surface area contributed by atoms with Crippen molar-refractivity contribution >= 4 is 23.8 Å². The zero-order valence-electron chi connectivity index (χ0n) is 24.2. The van der Waals surface area contributed by atoms with E-state index in [1.807, 2.05) is 27.7 Å². The van der Waals surface area contributed by atoms with Gasteiger partial charge in [-0.2, -0.15) is 0 Å². The van der Waals surface area contributed by atoms with Crippen LogP contribution in [0.5, 0.6) is 5.75 Å². The Balaban J connectivity index is 1.38. The highest BCUT2D eigenvalue weighted by molar-refractivity contribution is 5.78. The molecule has 0 aliphatic heterocycles. The Kier molecular flexibility index (Phi) is 11.8. The first-order valence-corrected chi connectivity index (χ1v) is 14.6. The number of hydrogen-bond acceptors (Lipinski definition) is 8. The summed E-state index contributed by atoms with van der Waals surface area (Å²) in [7, 11) is 0. The molecule has 10 heteroatoms. The minimum Gasteiger partial charge on any atom is -0.462 e. The van der Waals surface area contributed by atoms with E-state index in [-0.39, 0.29) is 59.6 Å². The molecule has 2 amide bonds. The third-order valence-corrected chi connectivity index (χ3v) is 7.96. The first-order chi connectivity index (χ1) is 19.0. The van der Waals surface area contributed by atoms with Gasteiger partial charge >= 0.3 is 11.9 Å². The summed E-state index contributed by atoms with van der Waals surface area (Å²) in [5.41, 5.74) is -0.514. The summed E-state index contributed by atoms with van der Waals surface area (Å²) in [4.78, 5) is 61.2. The van der Waals surface area contributed by atoms with Gasteiger partial charge in [0.1, 0.15) is 18.6 Å². The number of nitrogens with one attached hydrogen (secondary N) is 2. The Morgan fingerprint density at radius 2 is 1.27 bits per heavy atom. The van der Waals surface area contributed by atoms with Crippen LogP contribution >= 0.6 is 0 Å². The molecule has 1 aromatic rings. The molecule has 10 nitrogen and oxygen atoms in total. The van der Waals surface area contributed by atoms with Crippen LogP contribution in [0.15, 0.2) is 21.5 Å². The van der Waals surface area contributed by atoms with Crippen molar-refractivity contribution in [2.45, 2.75) is 85.7 Å². The van der Waals surface area contributed by atoms with Crippen LogP contribution < -0.4 is 20.8 Å². The number of rotatable bonds is 11. The number of esters is 2. The third-order valence-electron chi connectivity index (χ3n) is 7.96. The maximum atomic E-state index is 12.6. The lowest BCUT2D eigenvalue weighted by Crippen LogP contribution is -2.35. The van der Waals surface area contributed by atoms with E-state index in [4.69, 9.17) is 13.9 Å². The summed E-state index contributed by atoms with van der Waals surface area (Å²) in [5.74, 6) is -0.690. The number of hydrogen-bond donors (Lipinski definition) is 2.